The van der Waals surface area contributed by atoms with Gasteiger partial charge in [0.15, 0.2) is 11.0 Å². The Kier molecular flexibility index (Phi) is 11.7. The van der Waals surface area contributed by atoms with Crippen LogP contribution in [0, 0.1) is 15.5 Å². The van der Waals surface area contributed by atoms with Crippen LogP contribution in [-0.2, 0) is 26.9 Å². The van der Waals surface area contributed by atoms with Gasteiger partial charge in [0.25, 0.3) is 11.6 Å². The van der Waals surface area contributed by atoms with E-state index in [9.17, 15) is 19.1 Å². The molecule has 1 spiro atoms. The van der Waals surface area contributed by atoms with Crippen molar-refractivity contribution in [1.29, 1.82) is 0 Å². The Morgan fingerprint density at radius 2 is 1.88 bits per heavy atom. The molecule has 5 heterocycles. The quantitative estimate of drug-likeness (QED) is 0.0936. The lowest BCUT2D eigenvalue weighted by Crippen LogP contribution is -2.47. The average molecular weight is 852 g/mol. The zero-order valence-corrected chi connectivity index (χ0v) is 34.6. The van der Waals surface area contributed by atoms with Crippen molar-refractivity contribution in [2.45, 2.75) is 55.9 Å². The van der Waals surface area contributed by atoms with Gasteiger partial charge in [-0.25, -0.2) is 9.19 Å². The lowest BCUT2D eigenvalue weighted by atomic mass is 9.59. The molecule has 5 aromatic rings. The number of pyridine rings is 2. The second-order valence-corrected chi connectivity index (χ2v) is 17.8. The number of piperazine rings is 1. The molecule has 14 nitrogen and oxygen atoms in total. The van der Waals surface area contributed by atoms with E-state index in [2.05, 4.69) is 36.6 Å². The normalized spacial score (nSPS) is 19.9. The predicted octanol–water partition coefficient (Wildman–Crippen LogP) is 7.65. The number of amides is 1. The molecule has 16 heteroatoms. The van der Waals surface area contributed by atoms with Crippen LogP contribution in [0.4, 0.5) is 11.5 Å². The third-order valence-corrected chi connectivity index (χ3v) is 13.6. The number of nitro benzene ring substituents is 1. The summed E-state index contributed by atoms with van der Waals surface area (Å²) in [6.45, 7) is 5.25. The first-order chi connectivity index (χ1) is 29.2. The van der Waals surface area contributed by atoms with Crippen molar-refractivity contribution >= 4 is 56.6 Å². The molecule has 2 aliphatic carbocycles. The number of carbonyl (C=O) groups excluding carboxylic acids is 1. The fourth-order valence-corrected chi connectivity index (χ4v) is 9.77. The monoisotopic (exact) mass is 851 g/mol. The van der Waals surface area contributed by atoms with Crippen LogP contribution in [0.3, 0.4) is 0 Å². The summed E-state index contributed by atoms with van der Waals surface area (Å²) in [5.74, 6) is 0.304. The van der Waals surface area contributed by atoms with Gasteiger partial charge in [-0.15, -0.1) is 0 Å². The van der Waals surface area contributed by atoms with Crippen molar-refractivity contribution in [2.24, 2.45) is 5.41 Å². The molecule has 1 amide bonds. The Bertz CT molecular complexity index is 2460. The molecule has 312 valence electrons. The number of nitro groups is 1. The maximum absolute atomic E-state index is 13.8. The van der Waals surface area contributed by atoms with E-state index >= 15 is 0 Å². The summed E-state index contributed by atoms with van der Waals surface area (Å²) in [5.41, 5.74) is 5.68. The maximum Gasteiger partial charge on any atom is 0.273 e. The van der Waals surface area contributed by atoms with Crippen LogP contribution >= 0.6 is 11.6 Å². The number of aromatic nitrogens is 3. The van der Waals surface area contributed by atoms with Gasteiger partial charge in [0, 0.05) is 67.4 Å². The van der Waals surface area contributed by atoms with Gasteiger partial charge in [-0.05, 0) is 91.1 Å². The third-order valence-electron chi connectivity index (χ3n) is 12.3. The highest BCUT2D eigenvalue weighted by molar-refractivity contribution is 7.83. The van der Waals surface area contributed by atoms with Gasteiger partial charge in [-0.3, -0.25) is 24.5 Å². The summed E-state index contributed by atoms with van der Waals surface area (Å²) >= 11 is 6.27. The number of benzene rings is 2. The van der Waals surface area contributed by atoms with E-state index in [1.807, 2.05) is 18.2 Å². The number of halogens is 1. The molecule has 3 fully saturated rings. The van der Waals surface area contributed by atoms with E-state index in [0.717, 1.165) is 56.0 Å². The number of anilines is 1. The van der Waals surface area contributed by atoms with Crippen LogP contribution in [0.2, 0.25) is 5.02 Å². The van der Waals surface area contributed by atoms with Crippen LogP contribution in [-0.4, -0.2) is 93.5 Å². The largest absolute Gasteiger partial charge is 0.436 e. The number of aromatic amines is 1. The van der Waals surface area contributed by atoms with Crippen LogP contribution in [0.5, 0.6) is 11.6 Å². The Morgan fingerprint density at radius 1 is 1.05 bits per heavy atom. The second-order valence-electron chi connectivity index (χ2n) is 16.1. The Morgan fingerprint density at radius 3 is 2.63 bits per heavy atom. The molecule has 3 aromatic heterocycles. The fraction of sp³-hybridized carbons (Fsp3) is 0.386. The lowest BCUT2D eigenvalue weighted by molar-refractivity contribution is -0.385. The van der Waals surface area contributed by atoms with E-state index in [1.54, 1.807) is 36.7 Å². The number of fused-ring (bicyclic) bond motifs is 1. The van der Waals surface area contributed by atoms with Crippen LogP contribution < -0.4 is 14.4 Å². The van der Waals surface area contributed by atoms with Crippen molar-refractivity contribution in [1.82, 2.24) is 24.6 Å². The summed E-state index contributed by atoms with van der Waals surface area (Å²) in [6.07, 6.45) is 10.7. The minimum atomic E-state index is -2.14. The smallest absolute Gasteiger partial charge is 0.273 e. The van der Waals surface area contributed by atoms with E-state index in [0.29, 0.717) is 48.0 Å². The Labute approximate surface area is 355 Å². The highest BCUT2D eigenvalue weighted by atomic mass is 35.5. The van der Waals surface area contributed by atoms with Crippen molar-refractivity contribution < 1.29 is 28.1 Å². The number of ether oxygens (including phenoxy) is 3. The highest BCUT2D eigenvalue weighted by Crippen LogP contribution is 2.55. The van der Waals surface area contributed by atoms with Crippen molar-refractivity contribution in [3.05, 3.63) is 117 Å². The molecule has 2 N–H and O–H groups in total. The molecule has 0 radical (unpaired) electrons. The van der Waals surface area contributed by atoms with E-state index in [4.69, 9.17) is 30.8 Å². The topological polar surface area (TPSA) is 165 Å². The van der Waals surface area contributed by atoms with Gasteiger partial charge in [0.1, 0.15) is 22.8 Å². The number of hydrogen-bond donors (Lipinski definition) is 2. The molecule has 9 rings (SSSR count). The molecule has 4 aliphatic rings. The van der Waals surface area contributed by atoms with Crippen molar-refractivity contribution in [3.63, 3.8) is 0 Å². The van der Waals surface area contributed by atoms with E-state index < -0.39 is 21.8 Å². The number of hydrogen-bond acceptors (Lipinski definition) is 11. The molecule has 0 bridgehead atoms. The van der Waals surface area contributed by atoms with Crippen LogP contribution in [0.25, 0.3) is 16.6 Å². The first-order valence-corrected chi connectivity index (χ1v) is 22.0. The van der Waals surface area contributed by atoms with Crippen molar-refractivity contribution in [2.75, 3.05) is 57.4 Å². The summed E-state index contributed by atoms with van der Waals surface area (Å²) < 4.78 is 33.5. The first-order valence-electron chi connectivity index (χ1n) is 20.4. The van der Waals surface area contributed by atoms with Gasteiger partial charge in [-0.2, -0.15) is 4.98 Å². The maximum atomic E-state index is 13.8. The Hall–Kier alpha value is -5.19. The molecule has 1 unspecified atom stereocenters. The van der Waals surface area contributed by atoms with E-state index in [1.165, 1.54) is 54.5 Å². The summed E-state index contributed by atoms with van der Waals surface area (Å²) in [4.78, 5) is 42.5. The standard InChI is InChI=1S/C44H46ClN7O7S/c45-33-5-2-29(3-6-33)38-25-44(12-1-13-44)14-10-32(38)27-50-16-18-51(19-17-50)40-9-8-37(43(48-40)59-34-23-31-11-15-46-41(31)47-26-34)42(53)49-60(56)36-7-4-30(39(24-36)52(54)55)22-35-28-57-20-21-58-35/h2-9,11,15,23-24,26,35H,1,10,12-14,16-22,25,27-28H2,(H,46,47)(H,49,53)/t35-,60?/m0/s1. The van der Waals surface area contributed by atoms with Crippen molar-refractivity contribution in [3.8, 4) is 11.6 Å². The van der Waals surface area contributed by atoms with Crippen LogP contribution in [0.1, 0.15) is 60.0 Å². The fourth-order valence-electron chi connectivity index (χ4n) is 8.84. The number of carbonyl (C=O) groups is 1. The molecular weight excluding hydrogens is 806 g/mol. The minimum Gasteiger partial charge on any atom is -0.436 e. The number of H-pyrrole nitrogens is 1. The minimum absolute atomic E-state index is 0.0158. The van der Waals surface area contributed by atoms with Gasteiger partial charge >= 0.3 is 0 Å². The molecule has 2 atom stereocenters. The van der Waals surface area contributed by atoms with Crippen LogP contribution in [0.15, 0.2) is 89.6 Å². The Balaban J connectivity index is 0.919. The summed E-state index contributed by atoms with van der Waals surface area (Å²) in [7, 11) is -2.14. The zero-order chi connectivity index (χ0) is 41.2. The number of rotatable bonds is 12. The molecule has 2 saturated heterocycles. The number of nitrogens with one attached hydrogen (secondary N) is 2. The van der Waals surface area contributed by atoms with Gasteiger partial charge in [0.05, 0.1) is 41.9 Å². The van der Waals surface area contributed by atoms with Gasteiger partial charge in [0.2, 0.25) is 5.88 Å². The zero-order valence-electron chi connectivity index (χ0n) is 33.1. The van der Waals surface area contributed by atoms with Gasteiger partial charge < -0.3 is 24.1 Å². The number of allylic oxidation sites excluding steroid dienone is 1. The molecular formula is C44H46ClN7O7S. The first kappa shape index (κ1) is 40.2. The molecule has 2 aliphatic heterocycles. The summed E-state index contributed by atoms with van der Waals surface area (Å²) in [6, 6.07) is 19.6. The second kappa shape index (κ2) is 17.4. The third kappa shape index (κ3) is 8.82. The predicted molar refractivity (Wildman–Crippen MR) is 229 cm³/mol. The lowest BCUT2D eigenvalue weighted by Gasteiger charge is -2.47. The molecule has 2 aromatic carbocycles. The highest BCUT2D eigenvalue weighted by Gasteiger charge is 2.41. The average Bonchev–Trinajstić information content (AvgIpc) is 3.72. The van der Waals surface area contributed by atoms with E-state index in [-0.39, 0.29) is 34.6 Å². The number of nitrogens with zero attached hydrogens (tertiary/aromatic N) is 5. The SMILES string of the molecule is O=C(NS(=O)c1ccc(C[C@H]2COCCO2)c([N+](=O)[O-])c1)c1ccc(N2CCN(CC3=C(c4ccc(Cl)cc4)CC4(CCC4)CC3)CC2)nc1Oc1cnc2[nH]ccc2c1. The van der Waals surface area contributed by atoms with Gasteiger partial charge in [-0.1, -0.05) is 41.8 Å². The molecule has 60 heavy (non-hydrogen) atoms. The molecule has 1 saturated carbocycles. The summed E-state index contributed by atoms with van der Waals surface area (Å²) in [5, 5.41) is 13.6.